The molecule has 1 aliphatic heterocycles. The third kappa shape index (κ3) is 5.36. The van der Waals surface area contributed by atoms with Crippen molar-refractivity contribution in [3.63, 3.8) is 0 Å². The van der Waals surface area contributed by atoms with E-state index in [-0.39, 0.29) is 6.61 Å². The van der Waals surface area contributed by atoms with Crippen molar-refractivity contribution in [3.05, 3.63) is 47.5 Å². The zero-order chi connectivity index (χ0) is 22.5. The smallest absolute Gasteiger partial charge is 0.228 e. The van der Waals surface area contributed by atoms with E-state index < -0.39 is 6.10 Å². The molecular weight excluding hydrogens is 428 g/mol. The fourth-order valence-corrected chi connectivity index (χ4v) is 4.62. The summed E-state index contributed by atoms with van der Waals surface area (Å²) in [6.07, 6.45) is 0.235. The van der Waals surface area contributed by atoms with Gasteiger partial charge in [0.15, 0.2) is 0 Å². The van der Waals surface area contributed by atoms with Crippen LogP contribution in [0.15, 0.2) is 42.5 Å². The van der Waals surface area contributed by atoms with Crippen LogP contribution in [0.4, 0.5) is 5.69 Å². The first kappa shape index (κ1) is 22.5. The average molecular weight is 457 g/mol. The number of anilines is 1. The zero-order valence-electron chi connectivity index (χ0n) is 18.3. The summed E-state index contributed by atoms with van der Waals surface area (Å²) in [5.41, 5.74) is 1.72. The van der Waals surface area contributed by atoms with Crippen LogP contribution in [0.5, 0.6) is 11.5 Å². The standard InChI is InChI=1S/C23H28N4O4S/c1-17-24-22-13-21(7-8-23(22)32-17)31-15-19(29)14-25-9-11-26(12-10-25)27(16-28)18-3-5-20(30-2)6-4-18/h3-8,13,16,19,29H,9-12,14-15H2,1-2H3/t19-/m1/s1. The number of hydrazine groups is 1. The lowest BCUT2D eigenvalue weighted by Crippen LogP contribution is -2.55. The number of benzene rings is 2. The van der Waals surface area contributed by atoms with Gasteiger partial charge in [0.2, 0.25) is 6.41 Å². The predicted molar refractivity (Wildman–Crippen MR) is 125 cm³/mol. The minimum atomic E-state index is -0.599. The van der Waals surface area contributed by atoms with Gasteiger partial charge in [-0.1, -0.05) is 0 Å². The second-order valence-electron chi connectivity index (χ2n) is 7.73. The van der Waals surface area contributed by atoms with Crippen molar-refractivity contribution < 1.29 is 19.4 Å². The maximum Gasteiger partial charge on any atom is 0.228 e. The largest absolute Gasteiger partial charge is 0.497 e. The van der Waals surface area contributed by atoms with Crippen LogP contribution < -0.4 is 14.5 Å². The molecule has 1 N–H and O–H groups in total. The number of aryl methyl sites for hydroxylation is 1. The molecule has 1 atom stereocenters. The lowest BCUT2D eigenvalue weighted by atomic mass is 10.2. The van der Waals surface area contributed by atoms with Gasteiger partial charge in [-0.15, -0.1) is 11.3 Å². The van der Waals surface area contributed by atoms with Crippen LogP contribution in [0.25, 0.3) is 10.2 Å². The van der Waals surface area contributed by atoms with Crippen molar-refractivity contribution in [1.29, 1.82) is 0 Å². The summed E-state index contributed by atoms with van der Waals surface area (Å²) in [5, 5.41) is 15.1. The molecular formula is C23H28N4O4S. The summed E-state index contributed by atoms with van der Waals surface area (Å²) in [7, 11) is 1.62. The van der Waals surface area contributed by atoms with Gasteiger partial charge in [-0.05, 0) is 43.3 Å². The molecule has 2 heterocycles. The lowest BCUT2D eigenvalue weighted by Gasteiger charge is -2.39. The van der Waals surface area contributed by atoms with Crippen LogP contribution in [-0.4, -0.2) is 79.0 Å². The third-order valence-corrected chi connectivity index (χ3v) is 6.42. The molecule has 9 heteroatoms. The Bertz CT molecular complexity index is 1030. The molecule has 3 aromatic rings. The minimum Gasteiger partial charge on any atom is -0.497 e. The van der Waals surface area contributed by atoms with Crippen molar-refractivity contribution in [1.82, 2.24) is 14.9 Å². The summed E-state index contributed by atoms with van der Waals surface area (Å²) in [6.45, 7) is 5.62. The number of fused-ring (bicyclic) bond motifs is 1. The number of hydrogen-bond acceptors (Lipinski definition) is 8. The molecule has 0 bridgehead atoms. The highest BCUT2D eigenvalue weighted by Crippen LogP contribution is 2.25. The third-order valence-electron chi connectivity index (χ3n) is 5.47. The van der Waals surface area contributed by atoms with Gasteiger partial charge in [-0.2, -0.15) is 0 Å². The molecule has 0 aliphatic carbocycles. The predicted octanol–water partition coefficient (Wildman–Crippen LogP) is 2.55. The van der Waals surface area contributed by atoms with Crippen molar-refractivity contribution in [2.75, 3.05) is 51.4 Å². The Balaban J connectivity index is 1.24. The second-order valence-corrected chi connectivity index (χ2v) is 8.96. The van der Waals surface area contributed by atoms with Gasteiger partial charge in [0.05, 0.1) is 28.0 Å². The molecule has 1 amide bonds. The molecule has 4 rings (SSSR count). The Hall–Kier alpha value is -2.72. The van der Waals surface area contributed by atoms with Crippen LogP contribution in [0.3, 0.4) is 0 Å². The Morgan fingerprint density at radius 1 is 1.16 bits per heavy atom. The number of hydrogen-bond donors (Lipinski definition) is 1. The number of β-amino-alcohol motifs (C(OH)–C–C–N with tert-alkyl or cyclic N) is 1. The van der Waals surface area contributed by atoms with Crippen LogP contribution in [0.1, 0.15) is 5.01 Å². The highest BCUT2D eigenvalue weighted by Gasteiger charge is 2.24. The monoisotopic (exact) mass is 456 g/mol. The number of nitrogens with zero attached hydrogens (tertiary/aromatic N) is 4. The maximum absolute atomic E-state index is 11.7. The van der Waals surface area contributed by atoms with Crippen molar-refractivity contribution >= 4 is 33.7 Å². The van der Waals surface area contributed by atoms with E-state index in [4.69, 9.17) is 9.47 Å². The van der Waals surface area contributed by atoms with E-state index >= 15 is 0 Å². The highest BCUT2D eigenvalue weighted by atomic mass is 32.1. The first-order chi connectivity index (χ1) is 15.6. The number of carbonyl (C=O) groups excluding carboxylic acids is 1. The summed E-state index contributed by atoms with van der Waals surface area (Å²) in [5.74, 6) is 1.47. The van der Waals surface area contributed by atoms with E-state index in [1.54, 1.807) is 23.5 Å². The van der Waals surface area contributed by atoms with Crippen LogP contribution in [-0.2, 0) is 4.79 Å². The number of ether oxygens (including phenoxy) is 2. The number of piperazine rings is 1. The Kier molecular flexibility index (Phi) is 7.21. The van der Waals surface area contributed by atoms with E-state index in [9.17, 15) is 9.90 Å². The molecule has 0 saturated carbocycles. The normalized spacial score (nSPS) is 16.1. The molecule has 0 spiro atoms. The van der Waals surface area contributed by atoms with Gasteiger partial charge in [0, 0.05) is 38.8 Å². The molecule has 170 valence electrons. The quantitative estimate of drug-likeness (QED) is 0.496. The van der Waals surface area contributed by atoms with E-state index in [2.05, 4.69) is 9.88 Å². The highest BCUT2D eigenvalue weighted by molar-refractivity contribution is 7.18. The topological polar surface area (TPSA) is 78.4 Å². The van der Waals surface area contributed by atoms with Crippen molar-refractivity contribution in [2.24, 2.45) is 0 Å². The summed E-state index contributed by atoms with van der Waals surface area (Å²) in [4.78, 5) is 18.4. The number of carbonyl (C=O) groups is 1. The summed E-state index contributed by atoms with van der Waals surface area (Å²) in [6, 6.07) is 13.2. The first-order valence-corrected chi connectivity index (χ1v) is 11.4. The molecule has 8 nitrogen and oxygen atoms in total. The molecule has 2 aromatic carbocycles. The number of amides is 1. The molecule has 1 aromatic heterocycles. The number of aliphatic hydroxyl groups excluding tert-OH is 1. The van der Waals surface area contributed by atoms with Gasteiger partial charge in [0.1, 0.15) is 24.2 Å². The van der Waals surface area contributed by atoms with E-state index in [1.165, 1.54) is 0 Å². The van der Waals surface area contributed by atoms with Crippen LogP contribution >= 0.6 is 11.3 Å². The maximum atomic E-state index is 11.7. The zero-order valence-corrected chi connectivity index (χ0v) is 19.1. The molecule has 1 saturated heterocycles. The van der Waals surface area contributed by atoms with E-state index in [0.29, 0.717) is 25.4 Å². The Morgan fingerprint density at radius 3 is 2.56 bits per heavy atom. The minimum absolute atomic E-state index is 0.223. The number of methoxy groups -OCH3 is 1. The Labute approximate surface area is 191 Å². The van der Waals surface area contributed by atoms with Gasteiger partial charge in [-0.3, -0.25) is 9.69 Å². The first-order valence-electron chi connectivity index (χ1n) is 10.6. The molecule has 0 unspecified atom stereocenters. The molecule has 0 radical (unpaired) electrons. The number of aromatic nitrogens is 1. The Morgan fingerprint density at radius 2 is 1.88 bits per heavy atom. The van der Waals surface area contributed by atoms with E-state index in [0.717, 1.165) is 46.2 Å². The van der Waals surface area contributed by atoms with Crippen LogP contribution in [0.2, 0.25) is 0 Å². The summed E-state index contributed by atoms with van der Waals surface area (Å²) >= 11 is 1.65. The van der Waals surface area contributed by atoms with E-state index in [1.807, 2.05) is 54.4 Å². The fourth-order valence-electron chi connectivity index (χ4n) is 3.82. The molecule has 32 heavy (non-hydrogen) atoms. The average Bonchev–Trinajstić information content (AvgIpc) is 3.19. The SMILES string of the molecule is COc1ccc(N(C=O)N2CCN(C[C@@H](O)COc3ccc4sc(C)nc4c3)CC2)cc1. The van der Waals surface area contributed by atoms with Crippen molar-refractivity contribution in [3.8, 4) is 11.5 Å². The van der Waals surface area contributed by atoms with Gasteiger partial charge in [-0.25, -0.2) is 15.0 Å². The number of aliphatic hydroxyl groups is 1. The number of rotatable bonds is 9. The second kappa shape index (κ2) is 10.3. The van der Waals surface area contributed by atoms with Gasteiger partial charge < -0.3 is 14.6 Å². The molecule has 1 fully saturated rings. The lowest BCUT2D eigenvalue weighted by molar-refractivity contribution is -0.110. The number of thiazole rings is 1. The van der Waals surface area contributed by atoms with Crippen molar-refractivity contribution in [2.45, 2.75) is 13.0 Å². The van der Waals surface area contributed by atoms with Gasteiger partial charge in [0.25, 0.3) is 0 Å². The summed E-state index contributed by atoms with van der Waals surface area (Å²) < 4.78 is 12.1. The van der Waals surface area contributed by atoms with Gasteiger partial charge >= 0.3 is 0 Å². The van der Waals surface area contributed by atoms with Crippen LogP contribution in [0, 0.1) is 6.92 Å². The fraction of sp³-hybridized carbons (Fsp3) is 0.391. The molecule has 1 aliphatic rings.